The SMILES string of the molecule is CC[C@@H](c1nnnn1C[C@@H]1CCCO1)N(Cc1cccs1)Cc1cc2cc3c(cc2[nH]c1=O)OCCO3. The van der Waals surface area contributed by atoms with Crippen LogP contribution >= 0.6 is 11.3 Å². The van der Waals surface area contributed by atoms with Crippen molar-refractivity contribution in [3.8, 4) is 11.5 Å². The van der Waals surface area contributed by atoms with Crippen molar-refractivity contribution < 1.29 is 14.2 Å². The number of aromatic amines is 1. The van der Waals surface area contributed by atoms with Gasteiger partial charge in [0.2, 0.25) is 0 Å². The summed E-state index contributed by atoms with van der Waals surface area (Å²) in [6.45, 7) is 5.70. The topological polar surface area (TPSA) is 107 Å². The lowest BCUT2D eigenvalue weighted by Crippen LogP contribution is -2.33. The summed E-state index contributed by atoms with van der Waals surface area (Å²) in [7, 11) is 0. The van der Waals surface area contributed by atoms with Crippen molar-refractivity contribution in [1.29, 1.82) is 0 Å². The van der Waals surface area contributed by atoms with E-state index in [1.54, 1.807) is 11.3 Å². The van der Waals surface area contributed by atoms with Crippen LogP contribution in [-0.4, -0.2) is 56.0 Å². The molecule has 37 heavy (non-hydrogen) atoms. The molecule has 11 heteroatoms. The van der Waals surface area contributed by atoms with Crippen LogP contribution in [-0.2, 0) is 24.4 Å². The van der Waals surface area contributed by atoms with Gasteiger partial charge in [0.25, 0.3) is 5.56 Å². The summed E-state index contributed by atoms with van der Waals surface area (Å²) in [6, 6.07) is 9.83. The van der Waals surface area contributed by atoms with Gasteiger partial charge < -0.3 is 19.2 Å². The van der Waals surface area contributed by atoms with E-state index in [4.69, 9.17) is 14.2 Å². The molecule has 0 radical (unpaired) electrons. The first-order valence-corrected chi connectivity index (χ1v) is 13.7. The highest BCUT2D eigenvalue weighted by atomic mass is 32.1. The summed E-state index contributed by atoms with van der Waals surface area (Å²) in [6.07, 6.45) is 3.00. The normalized spacial score (nSPS) is 18.1. The molecule has 0 spiro atoms. The number of pyridine rings is 1. The molecular formula is C26H30N6O4S. The number of aromatic nitrogens is 5. The van der Waals surface area contributed by atoms with Crippen LogP contribution in [0.3, 0.4) is 0 Å². The highest BCUT2D eigenvalue weighted by molar-refractivity contribution is 7.09. The summed E-state index contributed by atoms with van der Waals surface area (Å²) in [5.41, 5.74) is 1.29. The number of nitrogens with one attached hydrogen (secondary N) is 1. The Morgan fingerprint density at radius 2 is 2.05 bits per heavy atom. The maximum Gasteiger partial charge on any atom is 0.252 e. The zero-order chi connectivity index (χ0) is 25.2. The van der Waals surface area contributed by atoms with Gasteiger partial charge in [0, 0.05) is 41.6 Å². The molecule has 2 aliphatic rings. The van der Waals surface area contributed by atoms with Gasteiger partial charge in [-0.2, -0.15) is 0 Å². The second kappa shape index (κ2) is 10.6. The molecule has 1 saturated heterocycles. The van der Waals surface area contributed by atoms with Crippen molar-refractivity contribution in [2.24, 2.45) is 0 Å². The van der Waals surface area contributed by atoms with Gasteiger partial charge >= 0.3 is 0 Å². The Hall–Kier alpha value is -3.28. The highest BCUT2D eigenvalue weighted by Gasteiger charge is 2.28. The van der Waals surface area contributed by atoms with Crippen LogP contribution in [0.1, 0.15) is 48.5 Å². The molecule has 5 heterocycles. The first-order chi connectivity index (χ1) is 18.2. The average molecular weight is 523 g/mol. The van der Waals surface area contributed by atoms with Crippen LogP contribution in [0.2, 0.25) is 0 Å². The predicted molar refractivity (Wildman–Crippen MR) is 139 cm³/mol. The number of tetrazole rings is 1. The largest absolute Gasteiger partial charge is 0.486 e. The molecule has 1 aromatic carbocycles. The van der Waals surface area contributed by atoms with Crippen LogP contribution in [0.5, 0.6) is 11.5 Å². The summed E-state index contributed by atoms with van der Waals surface area (Å²) < 4.78 is 19.2. The van der Waals surface area contributed by atoms with Crippen LogP contribution in [0.25, 0.3) is 10.9 Å². The lowest BCUT2D eigenvalue weighted by Gasteiger charge is -2.30. The lowest BCUT2D eigenvalue weighted by atomic mass is 10.1. The average Bonchev–Trinajstić information content (AvgIpc) is 3.69. The quantitative estimate of drug-likeness (QED) is 0.355. The van der Waals surface area contributed by atoms with Crippen LogP contribution in [0.15, 0.2) is 40.5 Å². The molecule has 194 valence electrons. The molecule has 2 atom stereocenters. The second-order valence-corrected chi connectivity index (χ2v) is 10.5. The lowest BCUT2D eigenvalue weighted by molar-refractivity contribution is 0.0889. The molecule has 1 fully saturated rings. The van der Waals surface area contributed by atoms with Crippen molar-refractivity contribution >= 4 is 22.2 Å². The molecule has 4 aromatic rings. The van der Waals surface area contributed by atoms with Gasteiger partial charge in [0.1, 0.15) is 13.2 Å². The molecule has 1 N–H and O–H groups in total. The molecule has 3 aromatic heterocycles. The molecule has 0 bridgehead atoms. The van der Waals surface area contributed by atoms with Crippen LogP contribution < -0.4 is 15.0 Å². The first kappa shape index (κ1) is 24.1. The van der Waals surface area contributed by atoms with Gasteiger partial charge in [-0.25, -0.2) is 4.68 Å². The number of thiophene rings is 1. The fourth-order valence-electron chi connectivity index (χ4n) is 5.17. The van der Waals surface area contributed by atoms with Gasteiger partial charge in [-0.3, -0.25) is 9.69 Å². The van der Waals surface area contributed by atoms with Crippen molar-refractivity contribution in [2.45, 2.75) is 58.0 Å². The molecular weight excluding hydrogens is 492 g/mol. The molecule has 0 saturated carbocycles. The number of fused-ring (bicyclic) bond motifs is 2. The summed E-state index contributed by atoms with van der Waals surface area (Å²) in [5, 5.41) is 15.7. The van der Waals surface area contributed by atoms with E-state index in [9.17, 15) is 4.79 Å². The zero-order valence-electron chi connectivity index (χ0n) is 20.8. The fourth-order valence-corrected chi connectivity index (χ4v) is 5.90. The van der Waals surface area contributed by atoms with E-state index in [1.807, 2.05) is 22.9 Å². The van der Waals surface area contributed by atoms with Crippen molar-refractivity contribution in [3.63, 3.8) is 0 Å². The maximum absolute atomic E-state index is 13.2. The van der Waals surface area contributed by atoms with Gasteiger partial charge in [-0.1, -0.05) is 13.0 Å². The Balaban J connectivity index is 1.34. The monoisotopic (exact) mass is 522 g/mol. The Kier molecular flexibility index (Phi) is 6.90. The minimum absolute atomic E-state index is 0.0751. The molecule has 10 nitrogen and oxygen atoms in total. The number of ether oxygens (including phenoxy) is 3. The smallest absolute Gasteiger partial charge is 0.252 e. The van der Waals surface area contributed by atoms with Gasteiger partial charge in [0.15, 0.2) is 17.3 Å². The third-order valence-corrected chi connectivity index (χ3v) is 7.84. The van der Waals surface area contributed by atoms with Crippen LogP contribution in [0, 0.1) is 0 Å². The Morgan fingerprint density at radius 3 is 2.81 bits per heavy atom. The maximum atomic E-state index is 13.2. The van der Waals surface area contributed by atoms with Gasteiger partial charge in [-0.15, -0.1) is 16.4 Å². The summed E-state index contributed by atoms with van der Waals surface area (Å²) in [4.78, 5) is 19.8. The number of H-pyrrole nitrogens is 1. The highest BCUT2D eigenvalue weighted by Crippen LogP contribution is 2.34. The van der Waals surface area contributed by atoms with E-state index in [2.05, 4.69) is 49.8 Å². The Labute approximate surface area is 218 Å². The standard InChI is InChI=1S/C26H30N6O4S/c1-2-22(25-28-29-30-32(25)15-19-5-3-7-34-19)31(16-20-6-4-10-37-20)14-18-11-17-12-23-24(36-9-8-35-23)13-21(17)27-26(18)33/h4,6,10-13,19,22H,2-3,5,7-9,14-16H2,1H3,(H,27,33)/t19-,22-/m0/s1. The van der Waals surface area contributed by atoms with E-state index in [-0.39, 0.29) is 17.7 Å². The van der Waals surface area contributed by atoms with E-state index in [0.717, 1.165) is 42.6 Å². The van der Waals surface area contributed by atoms with E-state index >= 15 is 0 Å². The third kappa shape index (κ3) is 5.11. The Morgan fingerprint density at radius 1 is 1.19 bits per heavy atom. The van der Waals surface area contributed by atoms with Gasteiger partial charge in [0.05, 0.1) is 24.2 Å². The van der Waals surface area contributed by atoms with E-state index < -0.39 is 0 Å². The second-order valence-electron chi connectivity index (χ2n) is 9.47. The summed E-state index contributed by atoms with van der Waals surface area (Å²) in [5.74, 6) is 2.16. The zero-order valence-corrected chi connectivity index (χ0v) is 21.6. The minimum atomic E-state index is -0.117. The number of nitrogens with zero attached hydrogens (tertiary/aromatic N) is 5. The van der Waals surface area contributed by atoms with Gasteiger partial charge in [-0.05, 0) is 53.3 Å². The van der Waals surface area contributed by atoms with Crippen molar-refractivity contribution in [2.75, 3.05) is 19.8 Å². The van der Waals surface area contributed by atoms with Crippen LogP contribution in [0.4, 0.5) is 0 Å². The van der Waals surface area contributed by atoms with E-state index in [0.29, 0.717) is 49.9 Å². The number of hydrogen-bond acceptors (Lipinski definition) is 9. The fraction of sp³-hybridized carbons (Fsp3) is 0.462. The predicted octanol–water partition coefficient (Wildman–Crippen LogP) is 3.68. The number of hydrogen-bond donors (Lipinski definition) is 1. The number of rotatable bonds is 9. The van der Waals surface area contributed by atoms with Crippen molar-refractivity contribution in [3.05, 3.63) is 62.3 Å². The molecule has 0 amide bonds. The number of benzene rings is 1. The Bertz CT molecular complexity index is 1410. The molecule has 0 unspecified atom stereocenters. The molecule has 2 aliphatic heterocycles. The van der Waals surface area contributed by atoms with Crippen molar-refractivity contribution in [1.82, 2.24) is 30.1 Å². The first-order valence-electron chi connectivity index (χ1n) is 12.8. The summed E-state index contributed by atoms with van der Waals surface area (Å²) >= 11 is 1.70. The van der Waals surface area contributed by atoms with E-state index in [1.165, 1.54) is 4.88 Å². The third-order valence-electron chi connectivity index (χ3n) is 6.98. The minimum Gasteiger partial charge on any atom is -0.486 e. The molecule has 0 aliphatic carbocycles. The molecule has 6 rings (SSSR count).